The number of hydrogen-bond acceptors (Lipinski definition) is 3. The molecule has 5 nitrogen and oxygen atoms in total. The lowest BCUT2D eigenvalue weighted by Gasteiger charge is -2.10. The van der Waals surface area contributed by atoms with Gasteiger partial charge in [0, 0.05) is 18.5 Å². The van der Waals surface area contributed by atoms with E-state index in [1.807, 2.05) is 0 Å². The molecule has 1 amide bonds. The van der Waals surface area contributed by atoms with Crippen LogP contribution in [0.3, 0.4) is 0 Å². The van der Waals surface area contributed by atoms with Crippen LogP contribution >= 0.6 is 0 Å². The van der Waals surface area contributed by atoms with Gasteiger partial charge in [0.15, 0.2) is 0 Å². The molecule has 0 aromatic rings. The molecular formula is C13H22N2O3. The third-order valence-corrected chi connectivity index (χ3v) is 3.82. The van der Waals surface area contributed by atoms with Crippen LogP contribution in [0, 0.1) is 11.8 Å². The van der Waals surface area contributed by atoms with E-state index < -0.39 is 5.97 Å². The molecule has 0 unspecified atom stereocenters. The number of carboxylic acids is 1. The molecule has 2 saturated carbocycles. The monoisotopic (exact) mass is 254 g/mol. The SMILES string of the molecule is O=C(O)[C@H]1CC[C@@H](C(=O)NCCCNC2CC2)C1. The topological polar surface area (TPSA) is 78.4 Å². The van der Waals surface area contributed by atoms with Crippen LogP contribution in [0.25, 0.3) is 0 Å². The highest BCUT2D eigenvalue weighted by atomic mass is 16.4. The Morgan fingerprint density at radius 1 is 1.06 bits per heavy atom. The fraction of sp³-hybridized carbons (Fsp3) is 0.846. The van der Waals surface area contributed by atoms with Crippen molar-refractivity contribution in [1.29, 1.82) is 0 Å². The smallest absolute Gasteiger partial charge is 0.306 e. The molecule has 2 aliphatic rings. The van der Waals surface area contributed by atoms with Gasteiger partial charge in [-0.25, -0.2) is 0 Å². The van der Waals surface area contributed by atoms with Gasteiger partial charge in [0.05, 0.1) is 5.92 Å². The van der Waals surface area contributed by atoms with Crippen LogP contribution in [0.2, 0.25) is 0 Å². The Bertz CT molecular complexity index is 315. The Balaban J connectivity index is 1.55. The number of carbonyl (C=O) groups excluding carboxylic acids is 1. The summed E-state index contributed by atoms with van der Waals surface area (Å²) in [5.41, 5.74) is 0. The highest BCUT2D eigenvalue weighted by Crippen LogP contribution is 2.31. The number of aliphatic carboxylic acids is 1. The van der Waals surface area contributed by atoms with E-state index in [1.165, 1.54) is 12.8 Å². The normalized spacial score (nSPS) is 27.1. The van der Waals surface area contributed by atoms with Crippen molar-refractivity contribution in [3.63, 3.8) is 0 Å². The summed E-state index contributed by atoms with van der Waals surface area (Å²) in [6.07, 6.45) is 5.36. The highest BCUT2D eigenvalue weighted by Gasteiger charge is 2.33. The molecule has 3 N–H and O–H groups in total. The molecule has 5 heteroatoms. The van der Waals surface area contributed by atoms with Crippen molar-refractivity contribution in [2.75, 3.05) is 13.1 Å². The summed E-state index contributed by atoms with van der Waals surface area (Å²) in [6.45, 7) is 1.64. The lowest BCUT2D eigenvalue weighted by Crippen LogP contribution is -2.32. The number of nitrogens with one attached hydrogen (secondary N) is 2. The average molecular weight is 254 g/mol. The van der Waals surface area contributed by atoms with E-state index in [4.69, 9.17) is 5.11 Å². The minimum Gasteiger partial charge on any atom is -0.481 e. The summed E-state index contributed by atoms with van der Waals surface area (Å²) >= 11 is 0. The van der Waals surface area contributed by atoms with Gasteiger partial charge < -0.3 is 15.7 Å². The van der Waals surface area contributed by atoms with Crippen molar-refractivity contribution in [3.8, 4) is 0 Å². The van der Waals surface area contributed by atoms with Crippen molar-refractivity contribution in [2.24, 2.45) is 11.8 Å². The van der Waals surface area contributed by atoms with Gasteiger partial charge in [0.2, 0.25) is 5.91 Å². The second-order valence-electron chi connectivity index (χ2n) is 5.42. The van der Waals surface area contributed by atoms with E-state index in [0.717, 1.165) is 13.0 Å². The molecule has 102 valence electrons. The largest absolute Gasteiger partial charge is 0.481 e. The maximum atomic E-state index is 11.8. The molecular weight excluding hydrogens is 232 g/mol. The van der Waals surface area contributed by atoms with Gasteiger partial charge in [-0.15, -0.1) is 0 Å². The first-order valence-electron chi connectivity index (χ1n) is 6.90. The van der Waals surface area contributed by atoms with Crippen molar-refractivity contribution in [1.82, 2.24) is 10.6 Å². The Morgan fingerprint density at radius 3 is 2.39 bits per heavy atom. The van der Waals surface area contributed by atoms with Gasteiger partial charge in [-0.2, -0.15) is 0 Å². The molecule has 0 saturated heterocycles. The number of carboxylic acid groups (broad SMARTS) is 1. The lowest BCUT2D eigenvalue weighted by atomic mass is 10.0. The number of carbonyl (C=O) groups is 2. The second kappa shape index (κ2) is 6.18. The van der Waals surface area contributed by atoms with E-state index in [1.54, 1.807) is 0 Å². The van der Waals surface area contributed by atoms with E-state index in [2.05, 4.69) is 10.6 Å². The summed E-state index contributed by atoms with van der Waals surface area (Å²) in [6, 6.07) is 0.715. The van der Waals surface area contributed by atoms with Crippen LogP contribution in [0.5, 0.6) is 0 Å². The summed E-state index contributed by atoms with van der Waals surface area (Å²) in [7, 11) is 0. The molecule has 18 heavy (non-hydrogen) atoms. The average Bonchev–Trinajstić information content (AvgIpc) is 3.02. The van der Waals surface area contributed by atoms with Gasteiger partial charge in [0.1, 0.15) is 0 Å². The Kier molecular flexibility index (Phi) is 4.58. The first kappa shape index (κ1) is 13.3. The van der Waals surface area contributed by atoms with E-state index in [9.17, 15) is 9.59 Å². The van der Waals surface area contributed by atoms with Gasteiger partial charge in [-0.3, -0.25) is 9.59 Å². The fourth-order valence-corrected chi connectivity index (χ4v) is 2.48. The Labute approximate surface area is 107 Å². The van der Waals surface area contributed by atoms with Crippen LogP contribution in [-0.4, -0.2) is 36.1 Å². The number of amides is 1. The van der Waals surface area contributed by atoms with Crippen LogP contribution < -0.4 is 10.6 Å². The quantitative estimate of drug-likeness (QED) is 0.586. The summed E-state index contributed by atoms with van der Waals surface area (Å²) in [5, 5.41) is 15.2. The maximum absolute atomic E-state index is 11.8. The number of hydrogen-bond donors (Lipinski definition) is 3. The standard InChI is InChI=1S/C13H22N2O3/c16-12(9-2-3-10(8-9)13(17)18)15-7-1-6-14-11-4-5-11/h9-11,14H,1-8H2,(H,15,16)(H,17,18)/t9-,10+/m1/s1. The molecule has 0 aromatic carbocycles. The first-order chi connectivity index (χ1) is 8.66. The fourth-order valence-electron chi connectivity index (χ4n) is 2.48. The van der Waals surface area contributed by atoms with E-state index >= 15 is 0 Å². The van der Waals surface area contributed by atoms with Gasteiger partial charge in [0.25, 0.3) is 0 Å². The minimum absolute atomic E-state index is 0.0326. The third-order valence-electron chi connectivity index (χ3n) is 3.82. The van der Waals surface area contributed by atoms with Gasteiger partial charge in [-0.05, 0) is 45.1 Å². The van der Waals surface area contributed by atoms with Gasteiger partial charge in [-0.1, -0.05) is 0 Å². The summed E-state index contributed by atoms with van der Waals surface area (Å²) in [5.74, 6) is -1.15. The van der Waals surface area contributed by atoms with Crippen molar-refractivity contribution in [2.45, 2.75) is 44.6 Å². The van der Waals surface area contributed by atoms with E-state index in [0.29, 0.717) is 31.8 Å². The zero-order valence-electron chi connectivity index (χ0n) is 10.7. The predicted octanol–water partition coefficient (Wildman–Crippen LogP) is 0.746. The van der Waals surface area contributed by atoms with Crippen molar-refractivity contribution >= 4 is 11.9 Å². The van der Waals surface area contributed by atoms with E-state index in [-0.39, 0.29) is 17.7 Å². The third kappa shape index (κ3) is 3.98. The highest BCUT2D eigenvalue weighted by molar-refractivity contribution is 5.80. The van der Waals surface area contributed by atoms with Crippen molar-refractivity contribution in [3.05, 3.63) is 0 Å². The molecule has 0 radical (unpaired) electrons. The first-order valence-corrected chi connectivity index (χ1v) is 6.90. The zero-order chi connectivity index (χ0) is 13.0. The second-order valence-corrected chi connectivity index (χ2v) is 5.42. The summed E-state index contributed by atoms with van der Waals surface area (Å²) in [4.78, 5) is 22.6. The number of rotatable bonds is 7. The van der Waals surface area contributed by atoms with Crippen LogP contribution in [0.15, 0.2) is 0 Å². The molecule has 0 heterocycles. The predicted molar refractivity (Wildman–Crippen MR) is 67.1 cm³/mol. The molecule has 2 rings (SSSR count). The molecule has 0 aliphatic heterocycles. The molecule has 2 atom stereocenters. The molecule has 0 spiro atoms. The van der Waals surface area contributed by atoms with Gasteiger partial charge >= 0.3 is 5.97 Å². The van der Waals surface area contributed by atoms with Crippen LogP contribution in [0.4, 0.5) is 0 Å². The van der Waals surface area contributed by atoms with Crippen molar-refractivity contribution < 1.29 is 14.7 Å². The zero-order valence-corrected chi connectivity index (χ0v) is 10.7. The minimum atomic E-state index is -0.765. The lowest BCUT2D eigenvalue weighted by molar-refractivity contribution is -0.141. The maximum Gasteiger partial charge on any atom is 0.306 e. The van der Waals surface area contributed by atoms with Crippen LogP contribution in [-0.2, 0) is 9.59 Å². The van der Waals surface area contributed by atoms with Crippen LogP contribution in [0.1, 0.15) is 38.5 Å². The molecule has 0 aromatic heterocycles. The molecule has 2 fully saturated rings. The molecule has 0 bridgehead atoms. The summed E-state index contributed by atoms with van der Waals surface area (Å²) < 4.78 is 0. The Morgan fingerprint density at radius 2 is 1.78 bits per heavy atom. The molecule has 2 aliphatic carbocycles. The Hall–Kier alpha value is -1.10.